The molecule has 2 heterocycles. The highest BCUT2D eigenvalue weighted by Crippen LogP contribution is 2.41. The van der Waals surface area contributed by atoms with E-state index in [0.29, 0.717) is 58.3 Å². The highest BCUT2D eigenvalue weighted by atomic mass is 16.3. The lowest BCUT2D eigenvalue weighted by molar-refractivity contribution is 0.0802. The Morgan fingerprint density at radius 3 is 2.53 bits per heavy atom. The van der Waals surface area contributed by atoms with Crippen LogP contribution in [0.5, 0.6) is 0 Å². The van der Waals surface area contributed by atoms with Gasteiger partial charge in [0.15, 0.2) is 5.82 Å². The molecule has 1 fully saturated rings. The Morgan fingerprint density at radius 1 is 1.07 bits per heavy atom. The van der Waals surface area contributed by atoms with Gasteiger partial charge in [0.2, 0.25) is 0 Å². The Morgan fingerprint density at radius 2 is 1.84 bits per heavy atom. The number of benzene rings is 3. The van der Waals surface area contributed by atoms with E-state index in [2.05, 4.69) is 22.4 Å². The topological polar surface area (TPSA) is 108 Å². The zero-order chi connectivity index (χ0) is 30.2. The van der Waals surface area contributed by atoms with Gasteiger partial charge in [0, 0.05) is 61.3 Å². The fraction of sp³-hybridized carbons (Fsp3) is 0.294. The van der Waals surface area contributed by atoms with Gasteiger partial charge in [-0.3, -0.25) is 14.4 Å². The monoisotopic (exact) mass is 577 g/mol. The number of carbonyl (C=O) groups is 2. The van der Waals surface area contributed by atoms with Gasteiger partial charge in [0.05, 0.1) is 18.0 Å². The number of aryl methyl sites for hydroxylation is 1. The molecular formula is C34H35N5O4. The first-order valence-electron chi connectivity index (χ1n) is 14.7. The number of carbonyl (C=O) groups excluding carboxylic acids is 2. The number of aromatic nitrogens is 2. The predicted octanol–water partition coefficient (Wildman–Crippen LogP) is 4.86. The SMILES string of the molecule is CCN(C)C(=O)c1ccc(Nc2nc(-c3cccc(N4CCc5cc(C6CC6)ccc5C4=O)c3CO)cn(C)c2=O)cc1. The Labute approximate surface area is 250 Å². The summed E-state index contributed by atoms with van der Waals surface area (Å²) in [6.45, 7) is 2.71. The lowest BCUT2D eigenvalue weighted by Gasteiger charge is -2.31. The highest BCUT2D eigenvalue weighted by Gasteiger charge is 2.30. The van der Waals surface area contributed by atoms with Crippen molar-refractivity contribution in [2.24, 2.45) is 7.05 Å². The van der Waals surface area contributed by atoms with Crippen molar-refractivity contribution in [3.8, 4) is 11.3 Å². The van der Waals surface area contributed by atoms with E-state index in [9.17, 15) is 19.5 Å². The maximum absolute atomic E-state index is 13.7. The molecule has 6 rings (SSSR count). The lowest BCUT2D eigenvalue weighted by atomic mass is 9.93. The second-order valence-electron chi connectivity index (χ2n) is 11.3. The molecule has 9 nitrogen and oxygen atoms in total. The molecule has 3 aromatic carbocycles. The van der Waals surface area contributed by atoms with Gasteiger partial charge in [0.25, 0.3) is 17.4 Å². The van der Waals surface area contributed by atoms with E-state index in [1.54, 1.807) is 54.4 Å². The number of aliphatic hydroxyl groups excluding tert-OH is 1. The number of fused-ring (bicyclic) bond motifs is 1. The summed E-state index contributed by atoms with van der Waals surface area (Å²) in [6.07, 6.45) is 4.79. The summed E-state index contributed by atoms with van der Waals surface area (Å²) >= 11 is 0. The van der Waals surface area contributed by atoms with Crippen LogP contribution in [0.1, 0.15) is 63.1 Å². The van der Waals surface area contributed by atoms with Crippen molar-refractivity contribution in [2.45, 2.75) is 38.7 Å². The molecule has 4 aromatic rings. The van der Waals surface area contributed by atoms with Crippen LogP contribution in [-0.4, -0.2) is 51.5 Å². The number of hydrogen-bond acceptors (Lipinski definition) is 6. The Kier molecular flexibility index (Phi) is 7.58. The number of aliphatic hydroxyl groups is 1. The fourth-order valence-electron chi connectivity index (χ4n) is 5.66. The van der Waals surface area contributed by atoms with E-state index in [1.807, 2.05) is 31.2 Å². The van der Waals surface area contributed by atoms with E-state index in [0.717, 1.165) is 12.0 Å². The molecule has 0 saturated heterocycles. The molecule has 1 saturated carbocycles. The summed E-state index contributed by atoms with van der Waals surface area (Å²) < 4.78 is 1.44. The number of anilines is 3. The molecule has 2 aliphatic rings. The minimum Gasteiger partial charge on any atom is -0.392 e. The van der Waals surface area contributed by atoms with Crippen molar-refractivity contribution < 1.29 is 14.7 Å². The van der Waals surface area contributed by atoms with Crippen LogP contribution in [0.25, 0.3) is 11.3 Å². The van der Waals surface area contributed by atoms with Crippen molar-refractivity contribution >= 4 is 29.0 Å². The first-order chi connectivity index (χ1) is 20.8. The van der Waals surface area contributed by atoms with Gasteiger partial charge in [-0.25, -0.2) is 4.98 Å². The van der Waals surface area contributed by atoms with Crippen LogP contribution in [0.2, 0.25) is 0 Å². The molecule has 2 N–H and O–H groups in total. The fourth-order valence-corrected chi connectivity index (χ4v) is 5.66. The maximum Gasteiger partial charge on any atom is 0.293 e. The molecule has 0 atom stereocenters. The average molecular weight is 578 g/mol. The number of amides is 2. The molecule has 0 spiro atoms. The number of nitrogens with zero attached hydrogens (tertiary/aromatic N) is 4. The predicted molar refractivity (Wildman–Crippen MR) is 167 cm³/mol. The third kappa shape index (κ3) is 5.44. The van der Waals surface area contributed by atoms with E-state index < -0.39 is 0 Å². The second kappa shape index (κ2) is 11.5. The van der Waals surface area contributed by atoms with Gasteiger partial charge in [-0.15, -0.1) is 0 Å². The maximum atomic E-state index is 13.7. The molecule has 0 unspecified atom stereocenters. The van der Waals surface area contributed by atoms with Crippen molar-refractivity contribution in [3.63, 3.8) is 0 Å². The van der Waals surface area contributed by atoms with Crippen molar-refractivity contribution in [1.29, 1.82) is 0 Å². The second-order valence-corrected chi connectivity index (χ2v) is 11.3. The third-order valence-corrected chi connectivity index (χ3v) is 8.42. The number of nitrogens with one attached hydrogen (secondary N) is 1. The molecule has 9 heteroatoms. The van der Waals surface area contributed by atoms with E-state index >= 15 is 0 Å². The van der Waals surface area contributed by atoms with Crippen LogP contribution in [0.15, 0.2) is 71.7 Å². The first kappa shape index (κ1) is 28.4. The average Bonchev–Trinajstić information content (AvgIpc) is 3.88. The summed E-state index contributed by atoms with van der Waals surface area (Å²) in [5.74, 6) is 0.563. The zero-order valence-corrected chi connectivity index (χ0v) is 24.6. The van der Waals surface area contributed by atoms with Crippen LogP contribution < -0.4 is 15.8 Å². The van der Waals surface area contributed by atoms with Crippen LogP contribution in [0, 0.1) is 0 Å². The Balaban J connectivity index is 1.31. The van der Waals surface area contributed by atoms with Gasteiger partial charge in [-0.2, -0.15) is 0 Å². The molecule has 0 bridgehead atoms. The van der Waals surface area contributed by atoms with Crippen LogP contribution in [-0.2, 0) is 20.1 Å². The first-order valence-corrected chi connectivity index (χ1v) is 14.7. The lowest BCUT2D eigenvalue weighted by Crippen LogP contribution is -2.38. The molecule has 2 amide bonds. The Bertz CT molecular complexity index is 1770. The third-order valence-electron chi connectivity index (χ3n) is 8.42. The summed E-state index contributed by atoms with van der Waals surface area (Å²) in [5, 5.41) is 13.6. The summed E-state index contributed by atoms with van der Waals surface area (Å²) in [4.78, 5) is 47.2. The standard InChI is InChI=1S/C34H35N5O4/c1-4-37(2)32(41)22-10-13-25(14-11-22)35-31-34(43)38(3)19-29(36-31)27-6-5-7-30(28(27)20-40)39-17-16-24-18-23(21-8-9-21)12-15-26(24)33(39)42/h5-7,10-15,18-19,21,40H,4,8-9,16-17,20H2,1-3H3,(H,35,36). The Hall–Kier alpha value is -4.76. The van der Waals surface area contributed by atoms with Crippen LogP contribution in [0.3, 0.4) is 0 Å². The molecule has 1 aromatic heterocycles. The van der Waals surface area contributed by atoms with Crippen molar-refractivity contribution in [1.82, 2.24) is 14.5 Å². The van der Waals surface area contributed by atoms with Crippen molar-refractivity contribution in [2.75, 3.05) is 30.4 Å². The van der Waals surface area contributed by atoms with Crippen LogP contribution in [0.4, 0.5) is 17.2 Å². The largest absolute Gasteiger partial charge is 0.392 e. The minimum atomic E-state index is -0.329. The van der Waals surface area contributed by atoms with Gasteiger partial charge in [-0.05, 0) is 79.6 Å². The molecule has 0 radical (unpaired) electrons. The van der Waals surface area contributed by atoms with Crippen molar-refractivity contribution in [3.05, 3.63) is 105 Å². The highest BCUT2D eigenvalue weighted by molar-refractivity contribution is 6.09. The van der Waals surface area contributed by atoms with Crippen LogP contribution >= 0.6 is 0 Å². The summed E-state index contributed by atoms with van der Waals surface area (Å²) in [6, 6.07) is 18.6. The van der Waals surface area contributed by atoms with E-state index in [-0.39, 0.29) is 29.8 Å². The molecule has 43 heavy (non-hydrogen) atoms. The number of rotatable bonds is 8. The smallest absolute Gasteiger partial charge is 0.293 e. The molecule has 1 aliphatic carbocycles. The zero-order valence-electron chi connectivity index (χ0n) is 24.6. The van der Waals surface area contributed by atoms with Gasteiger partial charge in [0.1, 0.15) is 0 Å². The summed E-state index contributed by atoms with van der Waals surface area (Å²) in [5.41, 5.74) is 6.22. The van der Waals surface area contributed by atoms with Gasteiger partial charge < -0.3 is 24.8 Å². The van der Waals surface area contributed by atoms with Gasteiger partial charge in [-0.1, -0.05) is 24.3 Å². The molecule has 1 aliphatic heterocycles. The van der Waals surface area contributed by atoms with Gasteiger partial charge >= 0.3 is 0 Å². The molecular weight excluding hydrogens is 542 g/mol. The minimum absolute atomic E-state index is 0.0832. The normalized spacial score (nSPS) is 14.4. The summed E-state index contributed by atoms with van der Waals surface area (Å²) in [7, 11) is 3.39. The molecule has 220 valence electrons. The number of hydrogen-bond donors (Lipinski definition) is 2. The quantitative estimate of drug-likeness (QED) is 0.310. The van der Waals surface area contributed by atoms with E-state index in [1.165, 1.54) is 23.0 Å². The van der Waals surface area contributed by atoms with E-state index in [4.69, 9.17) is 0 Å².